The van der Waals surface area contributed by atoms with Gasteiger partial charge >= 0.3 is 0 Å². The molecule has 1 saturated carbocycles. The second-order valence-corrected chi connectivity index (χ2v) is 5.89. The molecule has 0 spiro atoms. The first-order chi connectivity index (χ1) is 10.4. The van der Waals surface area contributed by atoms with Crippen molar-refractivity contribution in [3.05, 3.63) is 23.8 Å². The Morgan fingerprint density at radius 2 is 2.05 bits per heavy atom. The normalized spacial score (nSPS) is 18.5. The molecule has 0 bridgehead atoms. The maximum atomic E-state index is 5.88. The van der Waals surface area contributed by atoms with Crippen molar-refractivity contribution >= 4 is 0 Å². The summed E-state index contributed by atoms with van der Waals surface area (Å²) in [5.41, 5.74) is 1.21. The van der Waals surface area contributed by atoms with Gasteiger partial charge in [0.25, 0.3) is 0 Å². The van der Waals surface area contributed by atoms with E-state index in [1.807, 2.05) is 6.07 Å². The van der Waals surface area contributed by atoms with Crippen molar-refractivity contribution in [3.63, 3.8) is 0 Å². The van der Waals surface area contributed by atoms with Gasteiger partial charge in [-0.05, 0) is 49.4 Å². The predicted octanol–water partition coefficient (Wildman–Crippen LogP) is 2.93. The second-order valence-electron chi connectivity index (χ2n) is 5.89. The monoisotopic (exact) mass is 291 g/mol. The van der Waals surface area contributed by atoms with Crippen LogP contribution in [0.15, 0.2) is 18.2 Å². The molecule has 0 amide bonds. The Morgan fingerprint density at radius 1 is 1.24 bits per heavy atom. The molecule has 2 aliphatic rings. The SMILES string of the molecule is CCCNC(COCC1CC1)c1ccc2c(c1)OCCO2. The van der Waals surface area contributed by atoms with Gasteiger partial charge in [0, 0.05) is 6.61 Å². The summed E-state index contributed by atoms with van der Waals surface area (Å²) in [7, 11) is 0. The van der Waals surface area contributed by atoms with Crippen LogP contribution < -0.4 is 14.8 Å². The Bertz CT molecular complexity index is 459. The fourth-order valence-electron chi connectivity index (χ4n) is 2.51. The molecule has 1 aliphatic heterocycles. The first-order valence-corrected chi connectivity index (χ1v) is 8.07. The summed E-state index contributed by atoms with van der Waals surface area (Å²) in [6.45, 7) is 6.05. The average Bonchev–Trinajstić information content (AvgIpc) is 3.34. The van der Waals surface area contributed by atoms with Crippen LogP contribution in [-0.2, 0) is 4.74 Å². The quantitative estimate of drug-likeness (QED) is 0.799. The molecule has 1 aromatic carbocycles. The van der Waals surface area contributed by atoms with E-state index in [0.29, 0.717) is 13.2 Å². The number of benzene rings is 1. The van der Waals surface area contributed by atoms with Crippen molar-refractivity contribution < 1.29 is 14.2 Å². The highest BCUT2D eigenvalue weighted by Gasteiger charge is 2.22. The Balaban J connectivity index is 1.64. The van der Waals surface area contributed by atoms with Crippen LogP contribution in [0.5, 0.6) is 11.5 Å². The molecule has 1 fully saturated rings. The third kappa shape index (κ3) is 4.11. The molecule has 1 atom stereocenters. The van der Waals surface area contributed by atoms with E-state index in [-0.39, 0.29) is 6.04 Å². The lowest BCUT2D eigenvalue weighted by Crippen LogP contribution is -2.27. The molecule has 1 unspecified atom stereocenters. The van der Waals surface area contributed by atoms with E-state index < -0.39 is 0 Å². The summed E-state index contributed by atoms with van der Waals surface area (Å²) >= 11 is 0. The molecule has 3 rings (SSSR count). The second kappa shape index (κ2) is 7.14. The van der Waals surface area contributed by atoms with Crippen molar-refractivity contribution in [2.75, 3.05) is 33.0 Å². The first-order valence-electron chi connectivity index (χ1n) is 8.07. The third-order valence-corrected chi connectivity index (χ3v) is 3.94. The van der Waals surface area contributed by atoms with E-state index in [1.54, 1.807) is 0 Å². The number of rotatable bonds is 8. The molecule has 0 saturated heterocycles. The molecular formula is C17H25NO3. The number of hydrogen-bond acceptors (Lipinski definition) is 4. The minimum absolute atomic E-state index is 0.222. The minimum Gasteiger partial charge on any atom is -0.486 e. The maximum Gasteiger partial charge on any atom is 0.161 e. The molecule has 1 heterocycles. The van der Waals surface area contributed by atoms with Crippen molar-refractivity contribution in [2.24, 2.45) is 5.92 Å². The van der Waals surface area contributed by atoms with Gasteiger partial charge in [0.2, 0.25) is 0 Å². The van der Waals surface area contributed by atoms with E-state index in [1.165, 1.54) is 18.4 Å². The van der Waals surface area contributed by atoms with Gasteiger partial charge in [-0.15, -0.1) is 0 Å². The zero-order valence-corrected chi connectivity index (χ0v) is 12.8. The number of ether oxygens (including phenoxy) is 3. The van der Waals surface area contributed by atoms with Crippen molar-refractivity contribution in [1.82, 2.24) is 5.32 Å². The molecule has 1 aliphatic carbocycles. The molecule has 4 heteroatoms. The molecule has 1 aromatic rings. The van der Waals surface area contributed by atoms with E-state index in [9.17, 15) is 0 Å². The summed E-state index contributed by atoms with van der Waals surface area (Å²) in [6.07, 6.45) is 3.78. The van der Waals surface area contributed by atoms with E-state index in [2.05, 4.69) is 24.4 Å². The van der Waals surface area contributed by atoms with Gasteiger partial charge in [0.15, 0.2) is 11.5 Å². The van der Waals surface area contributed by atoms with Gasteiger partial charge in [0.05, 0.1) is 12.6 Å². The highest BCUT2D eigenvalue weighted by atomic mass is 16.6. The van der Waals surface area contributed by atoms with Gasteiger partial charge in [-0.3, -0.25) is 0 Å². The lowest BCUT2D eigenvalue weighted by molar-refractivity contribution is 0.102. The Hall–Kier alpha value is -1.26. The summed E-state index contributed by atoms with van der Waals surface area (Å²) < 4.78 is 17.1. The van der Waals surface area contributed by atoms with Crippen LogP contribution >= 0.6 is 0 Å². The first kappa shape index (κ1) is 14.7. The Morgan fingerprint density at radius 3 is 2.81 bits per heavy atom. The third-order valence-electron chi connectivity index (χ3n) is 3.94. The topological polar surface area (TPSA) is 39.7 Å². The largest absolute Gasteiger partial charge is 0.486 e. The fraction of sp³-hybridized carbons (Fsp3) is 0.647. The zero-order chi connectivity index (χ0) is 14.5. The molecule has 21 heavy (non-hydrogen) atoms. The van der Waals surface area contributed by atoms with Gasteiger partial charge in [-0.2, -0.15) is 0 Å². The van der Waals surface area contributed by atoms with Gasteiger partial charge in [0.1, 0.15) is 13.2 Å². The molecule has 1 N–H and O–H groups in total. The van der Waals surface area contributed by atoms with Crippen molar-refractivity contribution in [2.45, 2.75) is 32.2 Å². The predicted molar refractivity (Wildman–Crippen MR) is 82.0 cm³/mol. The average molecular weight is 291 g/mol. The van der Waals surface area contributed by atoms with Crippen LogP contribution in [0.25, 0.3) is 0 Å². The highest BCUT2D eigenvalue weighted by Crippen LogP contribution is 2.33. The van der Waals surface area contributed by atoms with Crippen LogP contribution in [0, 0.1) is 5.92 Å². The van der Waals surface area contributed by atoms with Crippen LogP contribution in [0.1, 0.15) is 37.8 Å². The van der Waals surface area contributed by atoms with Crippen LogP contribution in [0.4, 0.5) is 0 Å². The molecule has 0 radical (unpaired) electrons. The molecule has 0 aromatic heterocycles. The zero-order valence-electron chi connectivity index (χ0n) is 12.8. The van der Waals surface area contributed by atoms with E-state index in [4.69, 9.17) is 14.2 Å². The van der Waals surface area contributed by atoms with E-state index >= 15 is 0 Å². The summed E-state index contributed by atoms with van der Waals surface area (Å²) in [6, 6.07) is 6.43. The highest BCUT2D eigenvalue weighted by molar-refractivity contribution is 5.44. The minimum atomic E-state index is 0.222. The number of hydrogen-bond donors (Lipinski definition) is 1. The Kier molecular flexibility index (Phi) is 4.99. The summed E-state index contributed by atoms with van der Waals surface area (Å²) in [4.78, 5) is 0. The molecule has 116 valence electrons. The Labute approximate surface area is 126 Å². The number of nitrogens with one attached hydrogen (secondary N) is 1. The van der Waals surface area contributed by atoms with Crippen LogP contribution in [0.3, 0.4) is 0 Å². The van der Waals surface area contributed by atoms with E-state index in [0.717, 1.165) is 43.6 Å². The lowest BCUT2D eigenvalue weighted by atomic mass is 10.1. The van der Waals surface area contributed by atoms with Crippen molar-refractivity contribution in [1.29, 1.82) is 0 Å². The standard InChI is InChI=1S/C17H25NO3/c1-2-7-18-15(12-19-11-13-3-4-13)14-5-6-16-17(10-14)21-9-8-20-16/h5-6,10,13,15,18H,2-4,7-9,11-12H2,1H3. The van der Waals surface area contributed by atoms with Gasteiger partial charge in [-0.1, -0.05) is 13.0 Å². The smallest absolute Gasteiger partial charge is 0.161 e. The van der Waals surface area contributed by atoms with Crippen molar-refractivity contribution in [3.8, 4) is 11.5 Å². The number of fused-ring (bicyclic) bond motifs is 1. The van der Waals surface area contributed by atoms with Gasteiger partial charge < -0.3 is 19.5 Å². The molecule has 4 nitrogen and oxygen atoms in total. The summed E-state index contributed by atoms with van der Waals surface area (Å²) in [5.74, 6) is 2.50. The van der Waals surface area contributed by atoms with Crippen LogP contribution in [-0.4, -0.2) is 33.0 Å². The summed E-state index contributed by atoms with van der Waals surface area (Å²) in [5, 5.41) is 3.57. The van der Waals surface area contributed by atoms with Gasteiger partial charge in [-0.25, -0.2) is 0 Å². The maximum absolute atomic E-state index is 5.88. The fourth-order valence-corrected chi connectivity index (χ4v) is 2.51. The lowest BCUT2D eigenvalue weighted by Gasteiger charge is -2.23. The molecular weight excluding hydrogens is 266 g/mol. The van der Waals surface area contributed by atoms with Crippen LogP contribution in [0.2, 0.25) is 0 Å².